The molecule has 0 radical (unpaired) electrons. The molecule has 2 aliphatic rings. The smallest absolute Gasteiger partial charge is 0.254 e. The van der Waals surface area contributed by atoms with Crippen LogP contribution in [0.1, 0.15) is 49.9 Å². The Balaban J connectivity index is 1.21. The molecule has 1 aromatic heterocycles. The number of likely N-dealkylation sites (tertiary alicyclic amines) is 1. The normalized spacial score (nSPS) is 16.3. The fraction of sp³-hybridized carbons (Fsp3) is 0.500. The lowest BCUT2D eigenvalue weighted by Gasteiger charge is -2.39. The number of nitrogens with zero attached hydrogens (tertiary/aromatic N) is 2. The Hall–Kier alpha value is -2.76. The van der Waals surface area contributed by atoms with Gasteiger partial charge in [0.05, 0.1) is 19.7 Å². The molecule has 0 spiro atoms. The van der Waals surface area contributed by atoms with Gasteiger partial charge in [0.2, 0.25) is 5.91 Å². The van der Waals surface area contributed by atoms with Gasteiger partial charge in [0, 0.05) is 24.2 Å². The van der Waals surface area contributed by atoms with Crippen LogP contribution in [-0.2, 0) is 11.2 Å². The number of rotatable bonds is 9. The Morgan fingerprint density at radius 2 is 1.83 bits per heavy atom. The Labute approximate surface area is 177 Å². The van der Waals surface area contributed by atoms with Crippen molar-refractivity contribution in [2.45, 2.75) is 58.1 Å². The van der Waals surface area contributed by atoms with E-state index in [0.29, 0.717) is 37.7 Å². The number of carbonyl (C=O) groups is 1. The maximum Gasteiger partial charge on any atom is 0.254 e. The highest BCUT2D eigenvalue weighted by Gasteiger charge is 2.32. The van der Waals surface area contributed by atoms with E-state index in [2.05, 4.69) is 6.92 Å². The molecule has 6 nitrogen and oxygen atoms in total. The summed E-state index contributed by atoms with van der Waals surface area (Å²) in [5, 5.41) is 0. The van der Waals surface area contributed by atoms with Gasteiger partial charge in [0.25, 0.3) is 5.56 Å². The third kappa shape index (κ3) is 4.86. The summed E-state index contributed by atoms with van der Waals surface area (Å²) >= 11 is 0. The molecule has 1 saturated carbocycles. The maximum atomic E-state index is 12.4. The Morgan fingerprint density at radius 1 is 1.10 bits per heavy atom. The van der Waals surface area contributed by atoms with E-state index < -0.39 is 0 Å². The van der Waals surface area contributed by atoms with Gasteiger partial charge in [0.15, 0.2) is 0 Å². The first-order valence-electron chi connectivity index (χ1n) is 10.9. The summed E-state index contributed by atoms with van der Waals surface area (Å²) in [6.07, 6.45) is 4.31. The van der Waals surface area contributed by atoms with E-state index in [9.17, 15) is 9.59 Å². The average molecular weight is 411 g/mol. The minimum atomic E-state index is -0.0421. The molecule has 6 heteroatoms. The molecule has 0 atom stereocenters. The van der Waals surface area contributed by atoms with Gasteiger partial charge in [-0.15, -0.1) is 0 Å². The average Bonchev–Trinajstić information content (AvgIpc) is 3.52. The molecule has 1 aliphatic carbocycles. The SMILES string of the molecule is CCCOc1ccc(CCC(=O)N2CC(Oc3cc(C)n(C4CC4)c(=O)c3)C2)cc1. The van der Waals surface area contributed by atoms with Crippen LogP contribution in [0, 0.1) is 6.92 Å². The van der Waals surface area contributed by atoms with Crippen molar-refractivity contribution in [3.63, 3.8) is 0 Å². The van der Waals surface area contributed by atoms with Crippen molar-refractivity contribution < 1.29 is 14.3 Å². The van der Waals surface area contributed by atoms with E-state index in [0.717, 1.165) is 42.9 Å². The minimum absolute atomic E-state index is 0.00543. The number of aryl methyl sites for hydroxylation is 2. The van der Waals surface area contributed by atoms with Crippen LogP contribution in [0.25, 0.3) is 0 Å². The summed E-state index contributed by atoms with van der Waals surface area (Å²) in [5.41, 5.74) is 2.08. The number of pyridine rings is 1. The van der Waals surface area contributed by atoms with Crippen molar-refractivity contribution in [2.75, 3.05) is 19.7 Å². The first-order valence-corrected chi connectivity index (χ1v) is 10.9. The van der Waals surface area contributed by atoms with Gasteiger partial charge in [-0.05, 0) is 56.4 Å². The lowest BCUT2D eigenvalue weighted by atomic mass is 10.1. The van der Waals surface area contributed by atoms with Gasteiger partial charge in [0.1, 0.15) is 17.6 Å². The number of hydrogen-bond acceptors (Lipinski definition) is 4. The molecule has 1 aromatic carbocycles. The standard InChI is InChI=1S/C24H30N2O4/c1-3-12-29-20-9-4-18(5-10-20)6-11-23(27)25-15-22(16-25)30-21-13-17(2)26(19-7-8-19)24(28)14-21/h4-5,9-10,13-14,19,22H,3,6-8,11-12,15-16H2,1-2H3. The molecule has 0 unspecified atom stereocenters. The van der Waals surface area contributed by atoms with E-state index in [1.165, 1.54) is 0 Å². The van der Waals surface area contributed by atoms with E-state index in [1.54, 1.807) is 6.07 Å². The second-order valence-corrected chi connectivity index (χ2v) is 8.30. The van der Waals surface area contributed by atoms with Crippen molar-refractivity contribution in [3.05, 3.63) is 58.0 Å². The van der Waals surface area contributed by atoms with Crippen LogP contribution in [0.3, 0.4) is 0 Å². The zero-order valence-corrected chi connectivity index (χ0v) is 17.8. The molecule has 1 saturated heterocycles. The van der Waals surface area contributed by atoms with Crippen LogP contribution in [-0.4, -0.2) is 41.2 Å². The highest BCUT2D eigenvalue weighted by atomic mass is 16.5. The van der Waals surface area contributed by atoms with Crippen LogP contribution < -0.4 is 15.0 Å². The number of benzene rings is 1. The van der Waals surface area contributed by atoms with Crippen molar-refractivity contribution in [1.29, 1.82) is 0 Å². The first kappa shape index (κ1) is 20.5. The number of aromatic nitrogens is 1. The third-order valence-electron chi connectivity index (χ3n) is 5.67. The number of carbonyl (C=O) groups excluding carboxylic acids is 1. The Kier molecular flexibility index (Phi) is 6.11. The van der Waals surface area contributed by atoms with E-state index in [4.69, 9.17) is 9.47 Å². The molecule has 4 rings (SSSR count). The largest absolute Gasteiger partial charge is 0.494 e. The molecule has 30 heavy (non-hydrogen) atoms. The lowest BCUT2D eigenvalue weighted by molar-refractivity contribution is -0.139. The van der Waals surface area contributed by atoms with Crippen molar-refractivity contribution in [1.82, 2.24) is 9.47 Å². The third-order valence-corrected chi connectivity index (χ3v) is 5.67. The predicted octanol–water partition coefficient (Wildman–Crippen LogP) is 3.50. The number of amides is 1. The molecule has 2 fully saturated rings. The lowest BCUT2D eigenvalue weighted by Crippen LogP contribution is -2.56. The van der Waals surface area contributed by atoms with Crippen LogP contribution in [0.15, 0.2) is 41.2 Å². The van der Waals surface area contributed by atoms with Crippen molar-refractivity contribution >= 4 is 5.91 Å². The minimum Gasteiger partial charge on any atom is -0.494 e. The highest BCUT2D eigenvalue weighted by Crippen LogP contribution is 2.35. The predicted molar refractivity (Wildman–Crippen MR) is 115 cm³/mol. The van der Waals surface area contributed by atoms with Crippen LogP contribution >= 0.6 is 0 Å². The van der Waals surface area contributed by atoms with E-state index >= 15 is 0 Å². The van der Waals surface area contributed by atoms with Crippen molar-refractivity contribution in [3.8, 4) is 11.5 Å². The zero-order valence-electron chi connectivity index (χ0n) is 17.8. The van der Waals surface area contributed by atoms with Crippen LogP contribution in [0.5, 0.6) is 11.5 Å². The van der Waals surface area contributed by atoms with Gasteiger partial charge >= 0.3 is 0 Å². The van der Waals surface area contributed by atoms with Crippen LogP contribution in [0.4, 0.5) is 0 Å². The summed E-state index contributed by atoms with van der Waals surface area (Å²) in [6, 6.07) is 11.8. The molecule has 0 bridgehead atoms. The molecule has 2 aromatic rings. The summed E-state index contributed by atoms with van der Waals surface area (Å²) in [5.74, 6) is 1.62. The highest BCUT2D eigenvalue weighted by molar-refractivity contribution is 5.77. The molecular formula is C24H30N2O4. The van der Waals surface area contributed by atoms with Crippen molar-refractivity contribution in [2.24, 2.45) is 0 Å². The fourth-order valence-electron chi connectivity index (χ4n) is 3.84. The molecule has 1 aliphatic heterocycles. The second-order valence-electron chi connectivity index (χ2n) is 8.30. The molecule has 2 heterocycles. The van der Waals surface area contributed by atoms with Gasteiger partial charge in [-0.25, -0.2) is 0 Å². The van der Waals surface area contributed by atoms with Gasteiger partial charge < -0.3 is 18.9 Å². The van der Waals surface area contributed by atoms with E-state index in [-0.39, 0.29) is 17.6 Å². The molecular weight excluding hydrogens is 380 g/mol. The monoisotopic (exact) mass is 410 g/mol. The quantitative estimate of drug-likeness (QED) is 0.635. The molecule has 160 valence electrons. The number of hydrogen-bond donors (Lipinski definition) is 0. The summed E-state index contributed by atoms with van der Waals surface area (Å²) in [6.45, 7) is 5.90. The summed E-state index contributed by atoms with van der Waals surface area (Å²) < 4.78 is 13.4. The summed E-state index contributed by atoms with van der Waals surface area (Å²) in [4.78, 5) is 26.6. The van der Waals surface area contributed by atoms with E-state index in [1.807, 2.05) is 46.7 Å². The maximum absolute atomic E-state index is 12.4. The Bertz CT molecular complexity index is 941. The summed E-state index contributed by atoms with van der Waals surface area (Å²) in [7, 11) is 0. The number of ether oxygens (including phenoxy) is 2. The van der Waals surface area contributed by atoms with Crippen LogP contribution in [0.2, 0.25) is 0 Å². The molecule has 0 N–H and O–H groups in total. The Morgan fingerprint density at radius 3 is 2.47 bits per heavy atom. The van der Waals surface area contributed by atoms with Gasteiger partial charge in [-0.2, -0.15) is 0 Å². The molecule has 1 amide bonds. The van der Waals surface area contributed by atoms with Gasteiger partial charge in [-0.1, -0.05) is 19.1 Å². The fourth-order valence-corrected chi connectivity index (χ4v) is 3.84. The van der Waals surface area contributed by atoms with Gasteiger partial charge in [-0.3, -0.25) is 9.59 Å². The first-order chi connectivity index (χ1) is 14.5. The topological polar surface area (TPSA) is 60.8 Å². The second kappa shape index (κ2) is 8.94. The zero-order chi connectivity index (χ0) is 21.1.